The first-order valence-electron chi connectivity index (χ1n) is 9.85. The topological polar surface area (TPSA) is 104 Å². The fourth-order valence-electron chi connectivity index (χ4n) is 4.14. The average Bonchev–Trinajstić information content (AvgIpc) is 3.12. The van der Waals surface area contributed by atoms with Gasteiger partial charge in [0.15, 0.2) is 5.78 Å². The van der Waals surface area contributed by atoms with Gasteiger partial charge in [0.25, 0.3) is 0 Å². The van der Waals surface area contributed by atoms with Crippen molar-refractivity contribution in [1.82, 2.24) is 5.32 Å². The summed E-state index contributed by atoms with van der Waals surface area (Å²) in [7, 11) is 2.78. The lowest BCUT2D eigenvalue weighted by molar-refractivity contribution is -0.151. The van der Waals surface area contributed by atoms with Gasteiger partial charge in [0.05, 0.1) is 25.2 Å². The third-order valence-corrected chi connectivity index (χ3v) is 5.53. The van der Waals surface area contributed by atoms with Crippen LogP contribution >= 0.6 is 0 Å². The fraction of sp³-hybridized carbons (Fsp3) is 0.500. The van der Waals surface area contributed by atoms with Crippen molar-refractivity contribution in [3.63, 3.8) is 0 Å². The molecule has 1 aromatic rings. The molecule has 0 unspecified atom stereocenters. The summed E-state index contributed by atoms with van der Waals surface area (Å²) in [5, 5.41) is 3.20. The quantitative estimate of drug-likeness (QED) is 0.427. The van der Waals surface area contributed by atoms with Crippen LogP contribution in [-0.2, 0) is 28.6 Å². The summed E-state index contributed by atoms with van der Waals surface area (Å²) in [6.07, 6.45) is 0.473. The van der Waals surface area contributed by atoms with Gasteiger partial charge < -0.3 is 23.9 Å². The van der Waals surface area contributed by atoms with Gasteiger partial charge in [-0.1, -0.05) is 6.92 Å². The molecule has 1 aliphatic heterocycles. The monoisotopic (exact) mass is 417 g/mol. The first kappa shape index (κ1) is 21.8. The van der Waals surface area contributed by atoms with Gasteiger partial charge in [0.2, 0.25) is 0 Å². The number of esters is 2. The van der Waals surface area contributed by atoms with Crippen LogP contribution in [0, 0.1) is 18.8 Å². The molecule has 30 heavy (non-hydrogen) atoms. The molecule has 1 N–H and O–H groups in total. The van der Waals surface area contributed by atoms with Crippen molar-refractivity contribution in [1.29, 1.82) is 0 Å². The predicted molar refractivity (Wildman–Crippen MR) is 106 cm³/mol. The molecule has 1 aliphatic carbocycles. The Balaban J connectivity index is 2.08. The zero-order valence-electron chi connectivity index (χ0n) is 17.9. The molecular weight excluding hydrogens is 390 g/mol. The minimum atomic E-state index is -0.932. The number of rotatable bonds is 6. The SMILES string of the molecule is COCCOC(=O)C1=C(C)NC2=C(C(=O)[C@H](C(=O)OC)[C@@H](C)C2)[C@@H]1c1ccc(C)o1. The molecule has 1 aromatic heterocycles. The lowest BCUT2D eigenvalue weighted by atomic mass is 9.70. The van der Waals surface area contributed by atoms with Crippen LogP contribution in [0.15, 0.2) is 39.1 Å². The summed E-state index contributed by atoms with van der Waals surface area (Å²) in [6, 6.07) is 3.51. The summed E-state index contributed by atoms with van der Waals surface area (Å²) in [5.74, 6) is -2.35. The highest BCUT2D eigenvalue weighted by Crippen LogP contribution is 2.45. The number of aryl methyl sites for hydroxylation is 1. The Bertz CT molecular complexity index is 924. The number of ether oxygens (including phenoxy) is 3. The first-order valence-corrected chi connectivity index (χ1v) is 9.85. The van der Waals surface area contributed by atoms with Gasteiger partial charge in [0.1, 0.15) is 24.0 Å². The number of nitrogens with one attached hydrogen (secondary N) is 1. The molecule has 8 heteroatoms. The van der Waals surface area contributed by atoms with Gasteiger partial charge in [-0.3, -0.25) is 9.59 Å². The predicted octanol–water partition coefficient (Wildman–Crippen LogP) is 2.39. The molecule has 0 saturated heterocycles. The van der Waals surface area contributed by atoms with Crippen LogP contribution in [0.4, 0.5) is 0 Å². The molecule has 0 amide bonds. The van der Waals surface area contributed by atoms with Crippen molar-refractivity contribution in [2.75, 3.05) is 27.4 Å². The van der Waals surface area contributed by atoms with Gasteiger partial charge in [-0.2, -0.15) is 0 Å². The first-order chi connectivity index (χ1) is 14.3. The van der Waals surface area contributed by atoms with Crippen LogP contribution < -0.4 is 5.32 Å². The molecule has 8 nitrogen and oxygen atoms in total. The van der Waals surface area contributed by atoms with E-state index in [2.05, 4.69) is 5.32 Å². The molecule has 0 bridgehead atoms. The van der Waals surface area contributed by atoms with Crippen molar-refractivity contribution in [3.05, 3.63) is 46.2 Å². The Hall–Kier alpha value is -2.87. The Kier molecular flexibility index (Phi) is 6.45. The smallest absolute Gasteiger partial charge is 0.336 e. The molecule has 0 fully saturated rings. The van der Waals surface area contributed by atoms with Gasteiger partial charge in [-0.25, -0.2) is 4.79 Å². The summed E-state index contributed by atoms with van der Waals surface area (Å²) in [4.78, 5) is 38.7. The Morgan fingerprint density at radius 1 is 1.20 bits per heavy atom. The molecule has 0 aromatic carbocycles. The third kappa shape index (κ3) is 3.92. The van der Waals surface area contributed by atoms with E-state index in [0.717, 1.165) is 0 Å². The van der Waals surface area contributed by atoms with Crippen LogP contribution in [0.25, 0.3) is 0 Å². The number of methoxy groups -OCH3 is 2. The van der Waals surface area contributed by atoms with E-state index < -0.39 is 23.8 Å². The number of furan rings is 1. The van der Waals surface area contributed by atoms with Gasteiger partial charge >= 0.3 is 11.9 Å². The highest BCUT2D eigenvalue weighted by atomic mass is 16.6. The minimum Gasteiger partial charge on any atom is -0.468 e. The van der Waals surface area contributed by atoms with E-state index >= 15 is 0 Å². The minimum absolute atomic E-state index is 0.0810. The van der Waals surface area contributed by atoms with Crippen molar-refractivity contribution in [2.45, 2.75) is 33.1 Å². The molecule has 0 spiro atoms. The normalized spacial score (nSPS) is 23.8. The Labute approximate surface area is 175 Å². The number of carbonyl (C=O) groups excluding carboxylic acids is 3. The van der Waals surface area contributed by atoms with Crippen LogP contribution in [0.5, 0.6) is 0 Å². The van der Waals surface area contributed by atoms with Crippen LogP contribution in [-0.4, -0.2) is 45.2 Å². The number of Topliss-reactive ketones (excluding diaryl/α,β-unsaturated/α-hetero) is 1. The molecule has 0 saturated carbocycles. The van der Waals surface area contributed by atoms with Gasteiger partial charge in [-0.15, -0.1) is 0 Å². The maximum atomic E-state index is 13.5. The number of hydrogen-bond acceptors (Lipinski definition) is 8. The third-order valence-electron chi connectivity index (χ3n) is 5.53. The molecule has 162 valence electrons. The summed E-state index contributed by atoms with van der Waals surface area (Å²) >= 11 is 0. The molecule has 2 heterocycles. The van der Waals surface area contributed by atoms with Crippen LogP contribution in [0.3, 0.4) is 0 Å². The van der Waals surface area contributed by atoms with Crippen molar-refractivity contribution in [2.24, 2.45) is 11.8 Å². The second kappa shape index (κ2) is 8.87. The number of allylic oxidation sites excluding steroid dienone is 3. The Morgan fingerprint density at radius 2 is 1.93 bits per heavy atom. The zero-order chi connectivity index (χ0) is 22.0. The van der Waals surface area contributed by atoms with Gasteiger partial charge in [0, 0.05) is 24.1 Å². The molecule has 3 rings (SSSR count). The van der Waals surface area contributed by atoms with Crippen LogP contribution in [0.1, 0.15) is 37.7 Å². The summed E-state index contributed by atoms with van der Waals surface area (Å²) in [5.41, 5.74) is 1.91. The summed E-state index contributed by atoms with van der Waals surface area (Å²) in [6.45, 7) is 5.73. The second-order valence-electron chi connectivity index (χ2n) is 7.61. The second-order valence-corrected chi connectivity index (χ2v) is 7.61. The van der Waals surface area contributed by atoms with Crippen molar-refractivity contribution < 1.29 is 33.0 Å². The lowest BCUT2D eigenvalue weighted by Crippen LogP contribution is -2.43. The zero-order valence-corrected chi connectivity index (χ0v) is 17.9. The maximum Gasteiger partial charge on any atom is 0.336 e. The molecule has 0 radical (unpaired) electrons. The highest BCUT2D eigenvalue weighted by molar-refractivity contribution is 6.12. The van der Waals surface area contributed by atoms with E-state index in [1.807, 2.05) is 6.92 Å². The van der Waals surface area contributed by atoms with E-state index in [4.69, 9.17) is 18.6 Å². The van der Waals surface area contributed by atoms with Crippen molar-refractivity contribution >= 4 is 17.7 Å². The van der Waals surface area contributed by atoms with Gasteiger partial charge in [-0.05, 0) is 38.3 Å². The number of dihydropyridines is 1. The van der Waals surface area contributed by atoms with Crippen LogP contribution in [0.2, 0.25) is 0 Å². The Morgan fingerprint density at radius 3 is 2.53 bits per heavy atom. The average molecular weight is 417 g/mol. The number of ketones is 1. The largest absolute Gasteiger partial charge is 0.468 e. The van der Waals surface area contributed by atoms with E-state index in [9.17, 15) is 14.4 Å². The summed E-state index contributed by atoms with van der Waals surface area (Å²) < 4.78 is 21.0. The standard InChI is InChI=1S/C22H27NO7/c1-11-10-14-18(20(24)16(11)21(25)28-5)19(15-7-6-12(2)30-15)17(13(3)23-14)22(26)29-9-8-27-4/h6-7,11,16,19,23H,8-10H2,1-5H3/t11-,16+,19+/m0/s1. The maximum absolute atomic E-state index is 13.5. The fourth-order valence-corrected chi connectivity index (χ4v) is 4.14. The lowest BCUT2D eigenvalue weighted by Gasteiger charge is -2.37. The van der Waals surface area contributed by atoms with E-state index in [1.165, 1.54) is 14.2 Å². The molecule has 3 atom stereocenters. The van der Waals surface area contributed by atoms with E-state index in [-0.39, 0.29) is 30.5 Å². The van der Waals surface area contributed by atoms with Crippen molar-refractivity contribution in [3.8, 4) is 0 Å². The number of carbonyl (C=O) groups is 3. The number of hydrogen-bond donors (Lipinski definition) is 1. The van der Waals surface area contributed by atoms with E-state index in [1.54, 1.807) is 26.0 Å². The molecule has 2 aliphatic rings. The molecular formula is C22H27NO7. The van der Waals surface area contributed by atoms with E-state index in [0.29, 0.717) is 34.9 Å². The highest BCUT2D eigenvalue weighted by Gasteiger charge is 2.48.